The Labute approximate surface area is 120 Å². The van der Waals surface area contributed by atoms with Crippen LogP contribution in [0, 0.1) is 13.8 Å². The average molecular weight is 267 g/mol. The molecule has 1 aromatic carbocycles. The van der Waals surface area contributed by atoms with Gasteiger partial charge >= 0.3 is 0 Å². The van der Waals surface area contributed by atoms with E-state index < -0.39 is 0 Å². The molecule has 2 aromatic rings. The second-order valence-electron chi connectivity index (χ2n) is 5.64. The molecule has 1 N–H and O–H groups in total. The molecule has 1 saturated heterocycles. The highest BCUT2D eigenvalue weighted by Crippen LogP contribution is 2.25. The monoisotopic (exact) mass is 267 g/mol. The molecule has 104 valence electrons. The average Bonchev–Trinajstić information content (AvgIpc) is 2.48. The molecule has 0 bridgehead atoms. The van der Waals surface area contributed by atoms with Crippen LogP contribution in [0.5, 0.6) is 0 Å². The minimum Gasteiger partial charge on any atom is -0.317 e. The molecule has 0 saturated carbocycles. The zero-order valence-corrected chi connectivity index (χ0v) is 12.2. The number of aryl methyl sites for hydroxylation is 2. The van der Waals surface area contributed by atoms with E-state index in [0.29, 0.717) is 5.92 Å². The highest BCUT2D eigenvalue weighted by atomic mass is 14.9. The summed E-state index contributed by atoms with van der Waals surface area (Å²) in [6.45, 7) is 6.31. The summed E-state index contributed by atoms with van der Waals surface area (Å²) in [6, 6.07) is 10.6. The number of nitrogens with zero attached hydrogens (tertiary/aromatic N) is 2. The van der Waals surface area contributed by atoms with E-state index in [0.717, 1.165) is 43.1 Å². The predicted octanol–water partition coefficient (Wildman–Crippen LogP) is 3.23. The summed E-state index contributed by atoms with van der Waals surface area (Å²) in [5.74, 6) is 1.52. The Bertz CT molecular complexity index is 584. The Hall–Kier alpha value is -1.74. The normalized spacial score (nSPS) is 16.3. The molecule has 0 amide bonds. The van der Waals surface area contributed by atoms with E-state index in [1.165, 1.54) is 11.1 Å². The first kappa shape index (κ1) is 13.3. The van der Waals surface area contributed by atoms with E-state index in [2.05, 4.69) is 54.5 Å². The number of hydrogen-bond donors (Lipinski definition) is 1. The molecule has 0 aliphatic carbocycles. The van der Waals surface area contributed by atoms with Crippen molar-refractivity contribution in [1.82, 2.24) is 15.3 Å². The van der Waals surface area contributed by atoms with Gasteiger partial charge in [-0.3, -0.25) is 0 Å². The summed E-state index contributed by atoms with van der Waals surface area (Å²) in [4.78, 5) is 9.48. The lowest BCUT2D eigenvalue weighted by Gasteiger charge is -2.22. The van der Waals surface area contributed by atoms with Crippen LogP contribution in [0.1, 0.15) is 35.8 Å². The number of piperidine rings is 1. The van der Waals surface area contributed by atoms with Crippen LogP contribution in [0.4, 0.5) is 0 Å². The maximum Gasteiger partial charge on any atom is 0.132 e. The second-order valence-corrected chi connectivity index (χ2v) is 5.64. The Morgan fingerprint density at radius 1 is 1.00 bits per heavy atom. The number of benzene rings is 1. The number of hydrogen-bond acceptors (Lipinski definition) is 3. The van der Waals surface area contributed by atoms with Crippen LogP contribution in [-0.2, 0) is 0 Å². The lowest BCUT2D eigenvalue weighted by Crippen LogP contribution is -2.27. The number of nitrogens with one attached hydrogen (secondary N) is 1. The standard InChI is InChI=1S/C17H21N3/c1-12-3-5-14(6-4-12)16-11-13(2)19-17(20-16)15-7-9-18-10-8-15/h3-6,11,15,18H,7-10H2,1-2H3. The van der Waals surface area contributed by atoms with Crippen molar-refractivity contribution in [3.05, 3.63) is 47.4 Å². The molecule has 0 atom stereocenters. The molecule has 0 radical (unpaired) electrons. The first-order valence-electron chi connectivity index (χ1n) is 7.36. The van der Waals surface area contributed by atoms with Crippen LogP contribution >= 0.6 is 0 Å². The van der Waals surface area contributed by atoms with Crippen LogP contribution in [-0.4, -0.2) is 23.1 Å². The molecule has 3 rings (SSSR count). The van der Waals surface area contributed by atoms with Crippen LogP contribution in [0.2, 0.25) is 0 Å². The van der Waals surface area contributed by atoms with E-state index in [4.69, 9.17) is 4.98 Å². The van der Waals surface area contributed by atoms with Gasteiger partial charge in [0.15, 0.2) is 0 Å². The van der Waals surface area contributed by atoms with Gasteiger partial charge in [0.2, 0.25) is 0 Å². The van der Waals surface area contributed by atoms with E-state index in [1.54, 1.807) is 0 Å². The fourth-order valence-electron chi connectivity index (χ4n) is 2.73. The Balaban J connectivity index is 1.95. The van der Waals surface area contributed by atoms with Crippen LogP contribution < -0.4 is 5.32 Å². The van der Waals surface area contributed by atoms with Crippen molar-refractivity contribution in [2.24, 2.45) is 0 Å². The molecule has 2 heterocycles. The van der Waals surface area contributed by atoms with Crippen molar-refractivity contribution >= 4 is 0 Å². The molecule has 3 heteroatoms. The number of rotatable bonds is 2. The largest absolute Gasteiger partial charge is 0.317 e. The first-order chi connectivity index (χ1) is 9.72. The summed E-state index contributed by atoms with van der Waals surface area (Å²) in [6.07, 6.45) is 2.27. The smallest absolute Gasteiger partial charge is 0.132 e. The molecule has 0 spiro atoms. The van der Waals surface area contributed by atoms with Crippen molar-refractivity contribution in [3.8, 4) is 11.3 Å². The zero-order chi connectivity index (χ0) is 13.9. The highest BCUT2D eigenvalue weighted by Gasteiger charge is 2.18. The topological polar surface area (TPSA) is 37.8 Å². The highest BCUT2D eigenvalue weighted by molar-refractivity contribution is 5.59. The SMILES string of the molecule is Cc1ccc(-c2cc(C)nc(C3CCNCC3)n2)cc1. The van der Waals surface area contributed by atoms with Crippen molar-refractivity contribution < 1.29 is 0 Å². The van der Waals surface area contributed by atoms with Gasteiger partial charge in [-0.05, 0) is 45.8 Å². The maximum atomic E-state index is 4.82. The summed E-state index contributed by atoms with van der Waals surface area (Å²) >= 11 is 0. The summed E-state index contributed by atoms with van der Waals surface area (Å²) in [5.41, 5.74) is 4.56. The van der Waals surface area contributed by atoms with Gasteiger partial charge in [-0.25, -0.2) is 9.97 Å². The van der Waals surface area contributed by atoms with Crippen LogP contribution in [0.3, 0.4) is 0 Å². The van der Waals surface area contributed by atoms with Gasteiger partial charge in [-0.15, -0.1) is 0 Å². The molecular weight excluding hydrogens is 246 g/mol. The number of aromatic nitrogens is 2. The molecular formula is C17H21N3. The van der Waals surface area contributed by atoms with Crippen molar-refractivity contribution in [1.29, 1.82) is 0 Å². The van der Waals surface area contributed by atoms with Crippen LogP contribution in [0.15, 0.2) is 30.3 Å². The van der Waals surface area contributed by atoms with Gasteiger partial charge in [-0.1, -0.05) is 29.8 Å². The molecule has 1 aliphatic heterocycles. The third kappa shape index (κ3) is 2.88. The molecule has 1 aromatic heterocycles. The lowest BCUT2D eigenvalue weighted by molar-refractivity contribution is 0.444. The molecule has 1 fully saturated rings. The Morgan fingerprint density at radius 3 is 2.40 bits per heavy atom. The van der Waals surface area contributed by atoms with Crippen molar-refractivity contribution in [2.75, 3.05) is 13.1 Å². The first-order valence-corrected chi connectivity index (χ1v) is 7.36. The quantitative estimate of drug-likeness (QED) is 0.907. The summed E-state index contributed by atoms with van der Waals surface area (Å²) in [5, 5.41) is 3.40. The predicted molar refractivity (Wildman–Crippen MR) is 81.8 cm³/mol. The lowest BCUT2D eigenvalue weighted by atomic mass is 9.97. The minimum absolute atomic E-state index is 0.500. The third-order valence-electron chi connectivity index (χ3n) is 3.92. The second kappa shape index (κ2) is 5.71. The molecule has 3 nitrogen and oxygen atoms in total. The van der Waals surface area contributed by atoms with Crippen molar-refractivity contribution in [3.63, 3.8) is 0 Å². The molecule has 1 aliphatic rings. The third-order valence-corrected chi connectivity index (χ3v) is 3.92. The van der Waals surface area contributed by atoms with Gasteiger partial charge < -0.3 is 5.32 Å². The zero-order valence-electron chi connectivity index (χ0n) is 12.2. The Morgan fingerprint density at radius 2 is 1.70 bits per heavy atom. The molecule has 20 heavy (non-hydrogen) atoms. The molecule has 0 unspecified atom stereocenters. The summed E-state index contributed by atoms with van der Waals surface area (Å²) in [7, 11) is 0. The van der Waals surface area contributed by atoms with E-state index in [1.807, 2.05) is 0 Å². The van der Waals surface area contributed by atoms with Gasteiger partial charge in [-0.2, -0.15) is 0 Å². The van der Waals surface area contributed by atoms with Gasteiger partial charge in [0.1, 0.15) is 5.82 Å². The summed E-state index contributed by atoms with van der Waals surface area (Å²) < 4.78 is 0. The maximum absolute atomic E-state index is 4.82. The Kier molecular flexibility index (Phi) is 3.79. The van der Waals surface area contributed by atoms with E-state index >= 15 is 0 Å². The van der Waals surface area contributed by atoms with Crippen LogP contribution in [0.25, 0.3) is 11.3 Å². The van der Waals surface area contributed by atoms with E-state index in [-0.39, 0.29) is 0 Å². The van der Waals surface area contributed by atoms with Gasteiger partial charge in [0, 0.05) is 17.2 Å². The van der Waals surface area contributed by atoms with Gasteiger partial charge in [0.05, 0.1) is 5.69 Å². The van der Waals surface area contributed by atoms with Crippen molar-refractivity contribution in [2.45, 2.75) is 32.6 Å². The van der Waals surface area contributed by atoms with Gasteiger partial charge in [0.25, 0.3) is 0 Å². The van der Waals surface area contributed by atoms with E-state index in [9.17, 15) is 0 Å². The fraction of sp³-hybridized carbons (Fsp3) is 0.412. The fourth-order valence-corrected chi connectivity index (χ4v) is 2.73. The minimum atomic E-state index is 0.500.